The molecule has 0 fully saturated rings. The number of benzene rings is 3. The molecule has 0 radical (unpaired) electrons. The van der Waals surface area contributed by atoms with Gasteiger partial charge in [-0.3, -0.25) is 14.2 Å². The van der Waals surface area contributed by atoms with E-state index in [2.05, 4.69) is 17.2 Å². The molecule has 8 heteroatoms. The van der Waals surface area contributed by atoms with Crippen molar-refractivity contribution in [3.05, 3.63) is 105 Å². The van der Waals surface area contributed by atoms with E-state index >= 15 is 0 Å². The molecule has 3 aromatic carbocycles. The average molecular weight is 474 g/mol. The number of carbonyl (C=O) groups excluding carboxylic acids is 2. The number of amides is 1. The van der Waals surface area contributed by atoms with Gasteiger partial charge in [0.05, 0.1) is 29.3 Å². The van der Waals surface area contributed by atoms with Gasteiger partial charge in [0.25, 0.3) is 11.5 Å². The minimum absolute atomic E-state index is 0.174. The van der Waals surface area contributed by atoms with Gasteiger partial charge in [0.2, 0.25) is 0 Å². The van der Waals surface area contributed by atoms with Crippen molar-refractivity contribution in [3.8, 4) is 5.69 Å². The number of H-pyrrole nitrogens is 1. The zero-order valence-corrected chi connectivity index (χ0v) is 19.5. The lowest BCUT2D eigenvalue weighted by Crippen LogP contribution is -2.27. The van der Waals surface area contributed by atoms with Crippen molar-refractivity contribution in [2.75, 3.05) is 13.7 Å². The summed E-state index contributed by atoms with van der Waals surface area (Å²) in [5, 5.41) is 3.32. The first-order chi connectivity index (χ1) is 16.4. The molecule has 34 heavy (non-hydrogen) atoms. The summed E-state index contributed by atoms with van der Waals surface area (Å²) < 4.78 is 6.26. The monoisotopic (exact) mass is 473 g/mol. The highest BCUT2D eigenvalue weighted by Gasteiger charge is 2.13. The maximum Gasteiger partial charge on any atom is 0.337 e. The second kappa shape index (κ2) is 9.84. The Morgan fingerprint density at radius 1 is 1.03 bits per heavy atom. The van der Waals surface area contributed by atoms with Crippen LogP contribution in [0.15, 0.2) is 77.6 Å². The molecular formula is C26H23N3O4S. The Bertz CT molecular complexity index is 1470. The fourth-order valence-electron chi connectivity index (χ4n) is 3.71. The maximum atomic E-state index is 13.1. The maximum absolute atomic E-state index is 13.1. The quantitative estimate of drug-likeness (QED) is 0.320. The Morgan fingerprint density at radius 3 is 2.38 bits per heavy atom. The highest BCUT2D eigenvalue weighted by Crippen LogP contribution is 2.16. The largest absolute Gasteiger partial charge is 0.465 e. The van der Waals surface area contributed by atoms with Gasteiger partial charge < -0.3 is 15.0 Å². The third kappa shape index (κ3) is 4.67. The minimum atomic E-state index is -0.502. The second-order valence-corrected chi connectivity index (χ2v) is 8.28. The van der Waals surface area contributed by atoms with Gasteiger partial charge in [-0.05, 0) is 66.2 Å². The number of hydrogen-bond donors (Lipinski definition) is 2. The van der Waals surface area contributed by atoms with Crippen LogP contribution >= 0.6 is 12.2 Å². The number of hydrogen-bond acceptors (Lipinski definition) is 5. The molecule has 0 saturated carbocycles. The van der Waals surface area contributed by atoms with Crippen LogP contribution in [-0.2, 0) is 4.74 Å². The number of aromatic amines is 1. The molecule has 0 aliphatic carbocycles. The molecular weight excluding hydrogens is 450 g/mol. The summed E-state index contributed by atoms with van der Waals surface area (Å²) in [7, 11) is 1.29. The molecule has 7 nitrogen and oxygen atoms in total. The van der Waals surface area contributed by atoms with Gasteiger partial charge in [0.15, 0.2) is 4.77 Å². The summed E-state index contributed by atoms with van der Waals surface area (Å²) in [5.41, 5.74) is 2.59. The fourth-order valence-corrected chi connectivity index (χ4v) is 4.00. The zero-order chi connectivity index (χ0) is 24.2. The Balaban J connectivity index is 1.56. The molecule has 0 bridgehead atoms. The van der Waals surface area contributed by atoms with E-state index in [0.717, 1.165) is 5.56 Å². The average Bonchev–Trinajstić information content (AvgIpc) is 2.87. The third-order valence-corrected chi connectivity index (χ3v) is 5.93. The highest BCUT2D eigenvalue weighted by molar-refractivity contribution is 7.71. The molecule has 1 heterocycles. The molecule has 0 saturated heterocycles. The van der Waals surface area contributed by atoms with Crippen molar-refractivity contribution in [2.24, 2.45) is 0 Å². The molecule has 2 N–H and O–H groups in total. The summed E-state index contributed by atoms with van der Waals surface area (Å²) in [6, 6.07) is 21.3. The summed E-state index contributed by atoms with van der Waals surface area (Å²) in [6.45, 7) is 2.56. The Hall–Kier alpha value is -4.04. The van der Waals surface area contributed by atoms with Crippen LogP contribution in [-0.4, -0.2) is 35.1 Å². The van der Waals surface area contributed by atoms with Crippen LogP contribution < -0.4 is 10.9 Å². The molecule has 1 atom stereocenters. The van der Waals surface area contributed by atoms with E-state index in [-0.39, 0.29) is 22.2 Å². The van der Waals surface area contributed by atoms with E-state index in [4.69, 9.17) is 17.0 Å². The van der Waals surface area contributed by atoms with Crippen molar-refractivity contribution in [3.63, 3.8) is 0 Å². The van der Waals surface area contributed by atoms with Gasteiger partial charge in [0.1, 0.15) is 0 Å². The molecule has 172 valence electrons. The molecule has 0 aliphatic heterocycles. The van der Waals surface area contributed by atoms with Gasteiger partial charge in [-0.2, -0.15) is 0 Å². The fraction of sp³-hybridized carbons (Fsp3) is 0.154. The number of esters is 1. The van der Waals surface area contributed by atoms with Crippen LogP contribution in [0.2, 0.25) is 0 Å². The lowest BCUT2D eigenvalue weighted by atomic mass is 10.0. The van der Waals surface area contributed by atoms with Gasteiger partial charge in [-0.1, -0.05) is 37.3 Å². The van der Waals surface area contributed by atoms with Gasteiger partial charge >= 0.3 is 5.97 Å². The van der Waals surface area contributed by atoms with Crippen molar-refractivity contribution in [1.29, 1.82) is 0 Å². The number of carbonyl (C=O) groups is 2. The molecule has 4 aromatic rings. The first kappa shape index (κ1) is 23.1. The van der Waals surface area contributed by atoms with Crippen LogP contribution in [0.25, 0.3) is 16.6 Å². The summed E-state index contributed by atoms with van der Waals surface area (Å²) in [6.07, 6.45) is 0. The minimum Gasteiger partial charge on any atom is -0.465 e. The molecule has 4 rings (SSSR count). The number of rotatable bonds is 6. The standard InChI is InChI=1S/C26H23N3O4S/c1-16(17-6-4-3-5-7-17)15-27-23(30)18-8-11-20(12-9-18)29-24(31)21-13-10-19(25(32)33-2)14-22(21)28-26(29)34/h3-14,16H,15H2,1-2H3,(H,27,30)(H,28,34). The van der Waals surface area contributed by atoms with Crippen LogP contribution in [0, 0.1) is 4.77 Å². The van der Waals surface area contributed by atoms with Crippen LogP contribution in [0.4, 0.5) is 0 Å². The van der Waals surface area contributed by atoms with Crippen molar-refractivity contribution in [1.82, 2.24) is 14.9 Å². The number of ether oxygens (including phenoxy) is 1. The van der Waals surface area contributed by atoms with Gasteiger partial charge in [-0.25, -0.2) is 4.79 Å². The second-order valence-electron chi connectivity index (χ2n) is 7.89. The van der Waals surface area contributed by atoms with Crippen molar-refractivity contribution < 1.29 is 14.3 Å². The summed E-state index contributed by atoms with van der Waals surface area (Å²) in [4.78, 5) is 40.5. The summed E-state index contributed by atoms with van der Waals surface area (Å²) >= 11 is 5.40. The molecule has 1 amide bonds. The Labute approximate surface area is 201 Å². The van der Waals surface area contributed by atoms with E-state index in [9.17, 15) is 14.4 Å². The highest BCUT2D eigenvalue weighted by atomic mass is 32.1. The molecule has 0 aliphatic rings. The van der Waals surface area contributed by atoms with Crippen molar-refractivity contribution in [2.45, 2.75) is 12.8 Å². The third-order valence-electron chi connectivity index (χ3n) is 5.64. The topological polar surface area (TPSA) is 93.2 Å². The lowest BCUT2D eigenvalue weighted by molar-refractivity contribution is 0.0600. The zero-order valence-electron chi connectivity index (χ0n) is 18.7. The summed E-state index contributed by atoms with van der Waals surface area (Å²) in [5.74, 6) is -0.517. The normalized spacial score (nSPS) is 11.7. The predicted molar refractivity (Wildman–Crippen MR) is 133 cm³/mol. The van der Waals surface area contributed by atoms with Crippen molar-refractivity contribution >= 4 is 35.0 Å². The van der Waals surface area contributed by atoms with Crippen LogP contribution in [0.5, 0.6) is 0 Å². The molecule has 1 unspecified atom stereocenters. The van der Waals surface area contributed by atoms with E-state index in [1.807, 2.05) is 30.3 Å². The number of nitrogens with zero attached hydrogens (tertiary/aromatic N) is 1. The molecule has 1 aromatic heterocycles. The van der Waals surface area contributed by atoms with E-state index in [1.165, 1.54) is 23.8 Å². The number of aromatic nitrogens is 2. The molecule has 0 spiro atoms. The Kier molecular flexibility index (Phi) is 6.70. The number of nitrogens with one attached hydrogen (secondary N) is 2. The van der Waals surface area contributed by atoms with Crippen LogP contribution in [0.1, 0.15) is 39.1 Å². The Morgan fingerprint density at radius 2 is 1.71 bits per heavy atom. The first-order valence-corrected chi connectivity index (χ1v) is 11.1. The smallest absolute Gasteiger partial charge is 0.337 e. The number of methoxy groups -OCH3 is 1. The van der Waals surface area contributed by atoms with Gasteiger partial charge in [-0.15, -0.1) is 0 Å². The van der Waals surface area contributed by atoms with Crippen LogP contribution in [0.3, 0.4) is 0 Å². The SMILES string of the molecule is COC(=O)c1ccc2c(=O)n(-c3ccc(C(=O)NCC(C)c4ccccc4)cc3)c(=S)[nH]c2c1. The van der Waals surface area contributed by atoms with Gasteiger partial charge in [0, 0.05) is 12.1 Å². The lowest BCUT2D eigenvalue weighted by Gasteiger charge is -2.13. The first-order valence-electron chi connectivity index (χ1n) is 10.7. The van der Waals surface area contributed by atoms with E-state index in [1.54, 1.807) is 30.3 Å². The predicted octanol–water partition coefficient (Wildman–Crippen LogP) is 4.37. The number of fused-ring (bicyclic) bond motifs is 1. The van der Waals surface area contributed by atoms with E-state index < -0.39 is 5.97 Å². The van der Waals surface area contributed by atoms with E-state index in [0.29, 0.717) is 34.3 Å².